The summed E-state index contributed by atoms with van der Waals surface area (Å²) in [4.78, 5) is 13.6. The molecule has 3 aliphatic carbocycles. The number of benzene rings is 6. The predicted octanol–water partition coefficient (Wildman–Crippen LogP) is 12.6. The second-order valence-corrected chi connectivity index (χ2v) is 18.7. The molecule has 12 rings (SSSR count). The van der Waals surface area contributed by atoms with Gasteiger partial charge in [-0.1, -0.05) is 131 Å². The zero-order chi connectivity index (χ0) is 43.8. The van der Waals surface area contributed by atoms with Crippen LogP contribution >= 0.6 is 0 Å². The van der Waals surface area contributed by atoms with E-state index in [1.54, 1.807) is 0 Å². The molecule has 3 aromatic heterocycles. The van der Waals surface area contributed by atoms with Crippen molar-refractivity contribution >= 4 is 0 Å². The number of imidazole rings is 3. The SMILES string of the molecule is Cn1cnc(-c2[c-]ccc3c2C(C)(C)c2ccccc2-3)c1.Cn1cnc(-c2[c-]ccc3c2C(C)(C)c2ccccc2-3)c1.Cn1cnc(-c2[c-]ccc3c2C(C)(C)c2ccccc2-3)c1.[Ir+3]. The summed E-state index contributed by atoms with van der Waals surface area (Å²) in [7, 11) is 6.00. The molecule has 3 aliphatic rings. The predicted molar refractivity (Wildman–Crippen MR) is 255 cm³/mol. The van der Waals surface area contributed by atoms with Crippen molar-refractivity contribution in [1.82, 2.24) is 28.7 Å². The smallest absolute Gasteiger partial charge is 0.350 e. The zero-order valence-corrected chi connectivity index (χ0v) is 40.3. The molecule has 0 radical (unpaired) electrons. The summed E-state index contributed by atoms with van der Waals surface area (Å²) in [5, 5.41) is 0. The third-order valence-corrected chi connectivity index (χ3v) is 13.4. The van der Waals surface area contributed by atoms with Gasteiger partial charge < -0.3 is 13.7 Å². The van der Waals surface area contributed by atoms with Crippen molar-refractivity contribution in [2.24, 2.45) is 21.1 Å². The first-order valence-electron chi connectivity index (χ1n) is 21.7. The van der Waals surface area contributed by atoms with Crippen molar-refractivity contribution in [3.05, 3.63) is 198 Å². The molecule has 6 nitrogen and oxygen atoms in total. The van der Waals surface area contributed by atoms with E-state index < -0.39 is 0 Å². The van der Waals surface area contributed by atoms with E-state index in [0.717, 1.165) is 33.8 Å². The molecule has 0 atom stereocenters. The van der Waals surface area contributed by atoms with Gasteiger partial charge in [-0.05, 0) is 68.2 Å². The fourth-order valence-electron chi connectivity index (χ4n) is 10.5. The molecular weight excluding hydrogens is 961 g/mol. The molecule has 0 spiro atoms. The van der Waals surface area contributed by atoms with E-state index in [0.29, 0.717) is 0 Å². The monoisotopic (exact) mass is 1010 g/mol. The van der Waals surface area contributed by atoms with Crippen LogP contribution in [0.2, 0.25) is 0 Å². The minimum atomic E-state index is -0.0173. The van der Waals surface area contributed by atoms with Gasteiger partial charge in [-0.3, -0.25) is 15.0 Å². The fraction of sp³-hybridized carbons (Fsp3) is 0.211. The normalized spacial score (nSPS) is 14.6. The molecule has 9 aromatic rings. The van der Waals surface area contributed by atoms with Crippen molar-refractivity contribution in [3.8, 4) is 67.2 Å². The average molecular weight is 1010 g/mol. The van der Waals surface area contributed by atoms with E-state index in [4.69, 9.17) is 0 Å². The Balaban J connectivity index is 0.000000121. The molecule has 6 aromatic carbocycles. The van der Waals surface area contributed by atoms with Crippen molar-refractivity contribution in [3.63, 3.8) is 0 Å². The molecule has 318 valence electrons. The largest absolute Gasteiger partial charge is 3.00 e. The number of nitrogens with zero attached hydrogens (tertiary/aromatic N) is 6. The molecule has 0 amide bonds. The van der Waals surface area contributed by atoms with E-state index in [2.05, 4.69) is 184 Å². The van der Waals surface area contributed by atoms with Crippen LogP contribution in [-0.4, -0.2) is 28.7 Å². The molecular formula is C57H51IrN6. The number of aromatic nitrogens is 6. The topological polar surface area (TPSA) is 53.5 Å². The third kappa shape index (κ3) is 6.85. The van der Waals surface area contributed by atoms with E-state index in [1.165, 1.54) is 66.8 Å². The van der Waals surface area contributed by atoms with Crippen LogP contribution in [0.4, 0.5) is 0 Å². The van der Waals surface area contributed by atoms with Crippen molar-refractivity contribution in [2.45, 2.75) is 57.8 Å². The van der Waals surface area contributed by atoms with Crippen molar-refractivity contribution in [2.75, 3.05) is 0 Å². The summed E-state index contributed by atoms with van der Waals surface area (Å²) in [5.74, 6) is 0. The van der Waals surface area contributed by atoms with Crippen LogP contribution in [-0.2, 0) is 57.5 Å². The molecule has 7 heteroatoms. The molecule has 0 unspecified atom stereocenters. The number of hydrogen-bond donors (Lipinski definition) is 0. The summed E-state index contributed by atoms with van der Waals surface area (Å²) in [6.07, 6.45) is 11.7. The molecule has 64 heavy (non-hydrogen) atoms. The van der Waals surface area contributed by atoms with Crippen LogP contribution in [0.5, 0.6) is 0 Å². The minimum absolute atomic E-state index is 0. The van der Waals surface area contributed by atoms with E-state index in [1.807, 2.05) is 72.0 Å². The first kappa shape index (κ1) is 42.9. The van der Waals surface area contributed by atoms with Crippen LogP contribution in [0.1, 0.15) is 74.9 Å². The maximum atomic E-state index is 4.52. The van der Waals surface area contributed by atoms with Crippen molar-refractivity contribution in [1.29, 1.82) is 0 Å². The molecule has 0 fully saturated rings. The van der Waals surface area contributed by atoms with Gasteiger partial charge in [-0.15, -0.1) is 88.0 Å². The summed E-state index contributed by atoms with van der Waals surface area (Å²) >= 11 is 0. The van der Waals surface area contributed by atoms with Gasteiger partial charge in [0.15, 0.2) is 0 Å². The Labute approximate surface area is 391 Å². The Kier molecular flexibility index (Phi) is 10.7. The van der Waals surface area contributed by atoms with Gasteiger partial charge in [-0.25, -0.2) is 0 Å². The maximum absolute atomic E-state index is 4.52. The summed E-state index contributed by atoms with van der Waals surface area (Å²) in [6, 6.07) is 48.9. The maximum Gasteiger partial charge on any atom is 3.00 e. The Morgan fingerprint density at radius 1 is 0.375 bits per heavy atom. The third-order valence-electron chi connectivity index (χ3n) is 13.4. The molecule has 0 saturated heterocycles. The summed E-state index contributed by atoms with van der Waals surface area (Å²) in [6.45, 7) is 13.7. The van der Waals surface area contributed by atoms with Gasteiger partial charge in [0.2, 0.25) is 0 Å². The summed E-state index contributed by atoms with van der Waals surface area (Å²) < 4.78 is 5.95. The Bertz CT molecular complexity index is 2870. The van der Waals surface area contributed by atoms with Gasteiger partial charge in [-0.2, -0.15) is 0 Å². The van der Waals surface area contributed by atoms with Gasteiger partial charge in [0.1, 0.15) is 0 Å². The molecule has 0 bridgehead atoms. The Hall–Kier alpha value is -6.40. The second kappa shape index (κ2) is 16.0. The second-order valence-electron chi connectivity index (χ2n) is 18.7. The average Bonchev–Trinajstić information content (AvgIpc) is 4.15. The quantitative estimate of drug-likeness (QED) is 0.166. The number of rotatable bonds is 3. The fourth-order valence-corrected chi connectivity index (χ4v) is 10.5. The van der Waals surface area contributed by atoms with E-state index >= 15 is 0 Å². The molecule has 0 aliphatic heterocycles. The number of fused-ring (bicyclic) bond motifs is 9. The summed E-state index contributed by atoms with van der Waals surface area (Å²) in [5.41, 5.74) is 22.4. The zero-order valence-electron chi connectivity index (χ0n) is 37.9. The Morgan fingerprint density at radius 2 is 0.641 bits per heavy atom. The first-order chi connectivity index (χ1) is 30.3. The van der Waals surface area contributed by atoms with Crippen LogP contribution in [0.25, 0.3) is 67.2 Å². The molecule has 0 saturated carbocycles. The number of hydrogen-bond acceptors (Lipinski definition) is 3. The minimum Gasteiger partial charge on any atom is -0.350 e. The van der Waals surface area contributed by atoms with Gasteiger partial charge >= 0.3 is 20.1 Å². The van der Waals surface area contributed by atoms with Crippen LogP contribution in [0.15, 0.2) is 147 Å². The molecule has 0 N–H and O–H groups in total. The van der Waals surface area contributed by atoms with Crippen LogP contribution in [0.3, 0.4) is 0 Å². The first-order valence-corrected chi connectivity index (χ1v) is 21.7. The van der Waals surface area contributed by atoms with Gasteiger partial charge in [0.25, 0.3) is 0 Å². The van der Waals surface area contributed by atoms with E-state index in [9.17, 15) is 0 Å². The van der Waals surface area contributed by atoms with Crippen LogP contribution < -0.4 is 0 Å². The van der Waals surface area contributed by atoms with Gasteiger partial charge in [0.05, 0.1) is 19.0 Å². The van der Waals surface area contributed by atoms with Crippen molar-refractivity contribution < 1.29 is 20.1 Å². The Morgan fingerprint density at radius 3 is 0.891 bits per heavy atom. The standard InChI is InChI=1S/3C19H17N2.Ir/c3*1-19(2)16-10-5-4-7-13(16)14-8-6-9-15(18(14)19)17-11-21(3)12-20-17;/h3*4-8,10-12H,1-3H3;/q3*-1;+3. The van der Waals surface area contributed by atoms with E-state index in [-0.39, 0.29) is 36.4 Å². The van der Waals surface area contributed by atoms with Crippen LogP contribution in [0, 0.1) is 18.2 Å². The molecule has 3 heterocycles. The number of aryl methyl sites for hydroxylation is 3. The van der Waals surface area contributed by atoms with Gasteiger partial charge in [0, 0.05) is 38.2 Å².